The first-order valence-corrected chi connectivity index (χ1v) is 6.69. The second-order valence-corrected chi connectivity index (χ2v) is 5.20. The van der Waals surface area contributed by atoms with Crippen molar-refractivity contribution in [2.75, 3.05) is 5.32 Å². The lowest BCUT2D eigenvalue weighted by molar-refractivity contribution is 0.102. The van der Waals surface area contributed by atoms with Crippen molar-refractivity contribution in [3.05, 3.63) is 70.7 Å². The van der Waals surface area contributed by atoms with Gasteiger partial charge in [0.1, 0.15) is 0 Å². The molecule has 0 aromatic heterocycles. The summed E-state index contributed by atoms with van der Waals surface area (Å²) in [7, 11) is 0. The minimum Gasteiger partial charge on any atom is -0.321 e. The Balaban J connectivity index is 2.24. The van der Waals surface area contributed by atoms with Gasteiger partial charge in [-0.15, -0.1) is 0 Å². The molecule has 2 aromatic rings. The molecule has 19 heavy (non-hydrogen) atoms. The first kappa shape index (κ1) is 13.6. The van der Waals surface area contributed by atoms with Crippen molar-refractivity contribution in [3.8, 4) is 0 Å². The molecule has 0 aliphatic rings. The third-order valence-corrected chi connectivity index (χ3v) is 3.27. The monoisotopic (exact) mass is 315 g/mol. The maximum atomic E-state index is 12.1. The Morgan fingerprint density at radius 3 is 2.37 bits per heavy atom. The smallest absolute Gasteiger partial charge is 0.255 e. The molecule has 0 bridgehead atoms. The van der Waals surface area contributed by atoms with Gasteiger partial charge in [0.25, 0.3) is 5.91 Å². The van der Waals surface area contributed by atoms with Crippen molar-refractivity contribution in [1.82, 2.24) is 0 Å². The Kier molecular flexibility index (Phi) is 4.17. The largest absolute Gasteiger partial charge is 0.321 e. The van der Waals surface area contributed by atoms with Crippen molar-refractivity contribution >= 4 is 33.1 Å². The summed E-state index contributed by atoms with van der Waals surface area (Å²) in [5.41, 5.74) is 3.28. The lowest BCUT2D eigenvalue weighted by Crippen LogP contribution is -2.12. The van der Waals surface area contributed by atoms with Gasteiger partial charge in [0.2, 0.25) is 0 Å². The van der Waals surface area contributed by atoms with Crippen LogP contribution in [0.2, 0.25) is 0 Å². The van der Waals surface area contributed by atoms with Gasteiger partial charge in [-0.1, -0.05) is 40.7 Å². The number of amides is 1. The van der Waals surface area contributed by atoms with Gasteiger partial charge in [0.15, 0.2) is 0 Å². The summed E-state index contributed by atoms with van der Waals surface area (Å²) in [6.07, 6.45) is 0. The summed E-state index contributed by atoms with van der Waals surface area (Å²) < 4.78 is 0.950. The normalized spacial score (nSPS) is 10.0. The Bertz CT molecular complexity index is 617. The van der Waals surface area contributed by atoms with E-state index in [2.05, 4.69) is 27.8 Å². The summed E-state index contributed by atoms with van der Waals surface area (Å²) in [6, 6.07) is 14.9. The summed E-state index contributed by atoms with van der Waals surface area (Å²) >= 11 is 3.35. The van der Waals surface area contributed by atoms with Gasteiger partial charge in [-0.25, -0.2) is 0 Å². The van der Waals surface area contributed by atoms with Crippen LogP contribution in [0.4, 0.5) is 5.69 Å². The second-order valence-electron chi connectivity index (χ2n) is 4.29. The van der Waals surface area contributed by atoms with Gasteiger partial charge in [-0.3, -0.25) is 4.79 Å². The first-order chi connectivity index (χ1) is 9.08. The average Bonchev–Trinajstić information content (AvgIpc) is 2.39. The molecule has 0 heterocycles. The van der Waals surface area contributed by atoms with Gasteiger partial charge in [-0.2, -0.15) is 0 Å². The van der Waals surface area contributed by atoms with Crippen LogP contribution >= 0.6 is 15.9 Å². The standard InChI is InChI=1S/C16H14BrNO/c1-11(2)14-5-3-4-6-15(14)18-16(19)12-7-9-13(17)10-8-12/h3-10H,1H2,2H3,(H,18,19). The number of anilines is 1. The number of carbonyl (C=O) groups is 1. The minimum absolute atomic E-state index is 0.124. The van der Waals surface area contributed by atoms with Crippen LogP contribution in [-0.4, -0.2) is 5.91 Å². The van der Waals surface area contributed by atoms with Crippen molar-refractivity contribution in [3.63, 3.8) is 0 Å². The van der Waals surface area contributed by atoms with Crippen LogP contribution in [0.3, 0.4) is 0 Å². The van der Waals surface area contributed by atoms with Gasteiger partial charge >= 0.3 is 0 Å². The van der Waals surface area contributed by atoms with Crippen LogP contribution in [0.25, 0.3) is 5.57 Å². The number of halogens is 1. The third kappa shape index (κ3) is 3.32. The second kappa shape index (κ2) is 5.85. The number of allylic oxidation sites excluding steroid dienone is 1. The predicted octanol–water partition coefficient (Wildman–Crippen LogP) is 4.73. The number of hydrogen-bond donors (Lipinski definition) is 1. The molecule has 1 amide bonds. The molecule has 3 heteroatoms. The first-order valence-electron chi connectivity index (χ1n) is 5.90. The van der Waals surface area contributed by atoms with E-state index in [0.717, 1.165) is 21.3 Å². The molecule has 2 aromatic carbocycles. The maximum absolute atomic E-state index is 12.1. The van der Waals surface area contributed by atoms with Crippen LogP contribution in [0.5, 0.6) is 0 Å². The Labute approximate surface area is 121 Å². The highest BCUT2D eigenvalue weighted by Crippen LogP contribution is 2.22. The van der Waals surface area contributed by atoms with E-state index in [1.54, 1.807) is 12.1 Å². The summed E-state index contributed by atoms with van der Waals surface area (Å²) in [5, 5.41) is 2.91. The molecule has 1 N–H and O–H groups in total. The molecule has 0 atom stereocenters. The van der Waals surface area contributed by atoms with Gasteiger partial charge < -0.3 is 5.32 Å². The van der Waals surface area contributed by atoms with E-state index in [1.807, 2.05) is 43.3 Å². The quantitative estimate of drug-likeness (QED) is 0.871. The summed E-state index contributed by atoms with van der Waals surface area (Å²) in [6.45, 7) is 5.84. The van der Waals surface area contributed by atoms with Crippen molar-refractivity contribution in [2.24, 2.45) is 0 Å². The van der Waals surface area contributed by atoms with Crippen molar-refractivity contribution in [1.29, 1.82) is 0 Å². The third-order valence-electron chi connectivity index (χ3n) is 2.74. The molecule has 0 saturated heterocycles. The Hall–Kier alpha value is -1.87. The van der Waals surface area contributed by atoms with Crippen LogP contribution in [-0.2, 0) is 0 Å². The number of para-hydroxylation sites is 1. The molecule has 96 valence electrons. The molecule has 0 aliphatic heterocycles. The summed E-state index contributed by atoms with van der Waals surface area (Å²) in [4.78, 5) is 12.1. The van der Waals surface area contributed by atoms with Crippen LogP contribution in [0, 0.1) is 0 Å². The molecule has 0 radical (unpaired) electrons. The van der Waals surface area contributed by atoms with Crippen LogP contribution < -0.4 is 5.32 Å². The fourth-order valence-corrected chi connectivity index (χ4v) is 2.02. The number of hydrogen-bond acceptors (Lipinski definition) is 1. The SMILES string of the molecule is C=C(C)c1ccccc1NC(=O)c1ccc(Br)cc1. The highest BCUT2D eigenvalue weighted by Gasteiger charge is 2.08. The number of benzene rings is 2. The fraction of sp³-hybridized carbons (Fsp3) is 0.0625. The zero-order chi connectivity index (χ0) is 13.8. The van der Waals surface area contributed by atoms with E-state index < -0.39 is 0 Å². The highest BCUT2D eigenvalue weighted by molar-refractivity contribution is 9.10. The highest BCUT2D eigenvalue weighted by atomic mass is 79.9. The molecule has 0 spiro atoms. The molecular formula is C16H14BrNO. The van der Waals surface area contributed by atoms with Gasteiger partial charge in [0.05, 0.1) is 0 Å². The van der Waals surface area contributed by atoms with Gasteiger partial charge in [-0.05, 0) is 42.8 Å². The Morgan fingerprint density at radius 1 is 1.11 bits per heavy atom. The van der Waals surface area contributed by atoms with E-state index in [0.29, 0.717) is 5.56 Å². The van der Waals surface area contributed by atoms with Crippen LogP contribution in [0.15, 0.2) is 59.6 Å². The van der Waals surface area contributed by atoms with E-state index in [-0.39, 0.29) is 5.91 Å². The molecule has 0 unspecified atom stereocenters. The fourth-order valence-electron chi connectivity index (χ4n) is 1.76. The lowest BCUT2D eigenvalue weighted by atomic mass is 10.1. The molecule has 2 nitrogen and oxygen atoms in total. The van der Waals surface area contributed by atoms with Gasteiger partial charge in [0, 0.05) is 21.3 Å². The molecule has 0 saturated carbocycles. The van der Waals surface area contributed by atoms with Crippen molar-refractivity contribution < 1.29 is 4.79 Å². The van der Waals surface area contributed by atoms with E-state index in [4.69, 9.17) is 0 Å². The molecule has 0 fully saturated rings. The number of rotatable bonds is 3. The zero-order valence-corrected chi connectivity index (χ0v) is 12.2. The molecular weight excluding hydrogens is 302 g/mol. The zero-order valence-electron chi connectivity index (χ0n) is 10.6. The average molecular weight is 316 g/mol. The number of nitrogens with one attached hydrogen (secondary N) is 1. The predicted molar refractivity (Wildman–Crippen MR) is 83.2 cm³/mol. The van der Waals surface area contributed by atoms with Crippen molar-refractivity contribution in [2.45, 2.75) is 6.92 Å². The van der Waals surface area contributed by atoms with E-state index >= 15 is 0 Å². The Morgan fingerprint density at radius 2 is 1.74 bits per heavy atom. The number of carbonyl (C=O) groups excluding carboxylic acids is 1. The van der Waals surface area contributed by atoms with E-state index in [9.17, 15) is 4.79 Å². The maximum Gasteiger partial charge on any atom is 0.255 e. The molecule has 2 rings (SSSR count). The topological polar surface area (TPSA) is 29.1 Å². The van der Waals surface area contributed by atoms with Crippen LogP contribution in [0.1, 0.15) is 22.8 Å². The summed E-state index contributed by atoms with van der Waals surface area (Å²) in [5.74, 6) is -0.124. The molecule has 0 aliphatic carbocycles. The lowest BCUT2D eigenvalue weighted by Gasteiger charge is -2.10. The van der Waals surface area contributed by atoms with E-state index in [1.165, 1.54) is 0 Å². The minimum atomic E-state index is -0.124.